The number of methoxy groups -OCH3 is 1. The van der Waals surface area contributed by atoms with Gasteiger partial charge in [-0.15, -0.1) is 0 Å². The molecule has 1 aliphatic rings. The fraction of sp³-hybridized carbons (Fsp3) is 0.412. The largest absolute Gasteiger partial charge is 0.496 e. The van der Waals surface area contributed by atoms with E-state index in [-0.39, 0.29) is 6.04 Å². The van der Waals surface area contributed by atoms with Gasteiger partial charge in [0, 0.05) is 28.0 Å². The van der Waals surface area contributed by atoms with Gasteiger partial charge in [0.1, 0.15) is 5.75 Å². The molecule has 0 bridgehead atoms. The molecule has 0 radical (unpaired) electrons. The lowest BCUT2D eigenvalue weighted by atomic mass is 9.93. The van der Waals surface area contributed by atoms with Gasteiger partial charge in [0.25, 0.3) is 0 Å². The van der Waals surface area contributed by atoms with Crippen LogP contribution in [-0.4, -0.2) is 11.7 Å². The van der Waals surface area contributed by atoms with Crippen molar-refractivity contribution in [3.63, 3.8) is 0 Å². The molecule has 0 amide bonds. The highest BCUT2D eigenvalue weighted by Gasteiger charge is 2.23. The number of halogens is 1. The van der Waals surface area contributed by atoms with Crippen molar-refractivity contribution in [2.75, 3.05) is 7.11 Å². The molecule has 21 heavy (non-hydrogen) atoms. The van der Waals surface area contributed by atoms with E-state index in [1.807, 2.05) is 18.2 Å². The second-order valence-corrected chi connectivity index (χ2v) is 6.10. The molecular formula is C17H21ClN2O. The average Bonchev–Trinajstić information content (AvgIpc) is 2.79. The van der Waals surface area contributed by atoms with Gasteiger partial charge in [0.15, 0.2) is 0 Å². The van der Waals surface area contributed by atoms with Crippen molar-refractivity contribution in [1.29, 1.82) is 0 Å². The van der Waals surface area contributed by atoms with Crippen LogP contribution in [0.2, 0.25) is 5.02 Å². The van der Waals surface area contributed by atoms with Crippen LogP contribution in [0.15, 0.2) is 24.3 Å². The molecule has 112 valence electrons. The maximum absolute atomic E-state index is 6.37. The number of nitrogens with two attached hydrogens (primary N) is 1. The first-order chi connectivity index (χ1) is 10.1. The van der Waals surface area contributed by atoms with Crippen molar-refractivity contribution < 1.29 is 4.74 Å². The fourth-order valence-electron chi connectivity index (χ4n) is 3.26. The Hall–Kier alpha value is -1.45. The first-order valence-corrected chi connectivity index (χ1v) is 7.75. The SMILES string of the molecule is COc1cccc(Cl)c1Cn1c(C)cc2c1CCCC2N. The third-order valence-corrected chi connectivity index (χ3v) is 4.74. The molecule has 3 nitrogen and oxygen atoms in total. The van der Waals surface area contributed by atoms with E-state index in [4.69, 9.17) is 22.1 Å². The van der Waals surface area contributed by atoms with E-state index in [0.29, 0.717) is 0 Å². The molecule has 0 spiro atoms. The maximum atomic E-state index is 6.37. The first-order valence-electron chi connectivity index (χ1n) is 7.37. The Morgan fingerprint density at radius 2 is 2.24 bits per heavy atom. The number of hydrogen-bond acceptors (Lipinski definition) is 2. The summed E-state index contributed by atoms with van der Waals surface area (Å²) in [6.45, 7) is 2.87. The van der Waals surface area contributed by atoms with Crippen LogP contribution in [0.1, 0.15) is 41.4 Å². The van der Waals surface area contributed by atoms with E-state index in [1.165, 1.54) is 17.0 Å². The van der Waals surface area contributed by atoms with Gasteiger partial charge in [-0.3, -0.25) is 0 Å². The lowest BCUT2D eigenvalue weighted by Crippen LogP contribution is -2.18. The number of aromatic nitrogens is 1. The normalized spacial score (nSPS) is 17.6. The van der Waals surface area contributed by atoms with E-state index < -0.39 is 0 Å². The zero-order valence-electron chi connectivity index (χ0n) is 12.5. The minimum Gasteiger partial charge on any atom is -0.496 e. The Morgan fingerprint density at radius 3 is 3.00 bits per heavy atom. The number of benzene rings is 1. The molecule has 1 aromatic heterocycles. The van der Waals surface area contributed by atoms with Crippen LogP contribution in [0.5, 0.6) is 5.75 Å². The second-order valence-electron chi connectivity index (χ2n) is 5.69. The lowest BCUT2D eigenvalue weighted by molar-refractivity contribution is 0.407. The number of aryl methyl sites for hydroxylation is 1. The summed E-state index contributed by atoms with van der Waals surface area (Å²) in [7, 11) is 1.68. The van der Waals surface area contributed by atoms with Gasteiger partial charge < -0.3 is 15.0 Å². The van der Waals surface area contributed by atoms with Gasteiger partial charge in [-0.1, -0.05) is 17.7 Å². The topological polar surface area (TPSA) is 40.2 Å². The van der Waals surface area contributed by atoms with Gasteiger partial charge in [0.2, 0.25) is 0 Å². The molecule has 4 heteroatoms. The van der Waals surface area contributed by atoms with E-state index >= 15 is 0 Å². The van der Waals surface area contributed by atoms with Crippen LogP contribution in [0.4, 0.5) is 0 Å². The third-order valence-electron chi connectivity index (χ3n) is 4.39. The van der Waals surface area contributed by atoms with Crippen LogP contribution >= 0.6 is 11.6 Å². The standard InChI is InChI=1S/C17H21ClN2O/c1-11-9-12-15(19)6-4-7-16(12)20(11)10-13-14(18)5-3-8-17(13)21-2/h3,5,8-9,15H,4,6-7,10,19H2,1-2H3. The molecule has 2 N–H and O–H groups in total. The molecule has 0 fully saturated rings. The third kappa shape index (κ3) is 2.56. The second kappa shape index (κ2) is 5.74. The molecule has 0 saturated heterocycles. The Morgan fingerprint density at radius 1 is 1.43 bits per heavy atom. The minimum atomic E-state index is 0.168. The first kappa shape index (κ1) is 14.5. The summed E-state index contributed by atoms with van der Waals surface area (Å²) in [6, 6.07) is 8.18. The molecule has 0 aliphatic heterocycles. The summed E-state index contributed by atoms with van der Waals surface area (Å²) in [6.07, 6.45) is 3.31. The molecule has 1 atom stereocenters. The molecule has 3 rings (SSSR count). The molecule has 0 saturated carbocycles. The van der Waals surface area contributed by atoms with E-state index in [0.717, 1.165) is 42.1 Å². The summed E-state index contributed by atoms with van der Waals surface area (Å²) in [4.78, 5) is 0. The molecule has 1 aromatic carbocycles. The van der Waals surface area contributed by atoms with Crippen LogP contribution in [0.3, 0.4) is 0 Å². The maximum Gasteiger partial charge on any atom is 0.125 e. The van der Waals surface area contributed by atoms with Crippen molar-refractivity contribution in [2.45, 2.75) is 38.8 Å². The monoisotopic (exact) mass is 304 g/mol. The van der Waals surface area contributed by atoms with Gasteiger partial charge in [-0.2, -0.15) is 0 Å². The summed E-state index contributed by atoms with van der Waals surface area (Å²) < 4.78 is 7.79. The smallest absolute Gasteiger partial charge is 0.125 e. The average molecular weight is 305 g/mol. The highest BCUT2D eigenvalue weighted by atomic mass is 35.5. The quantitative estimate of drug-likeness (QED) is 0.936. The summed E-state index contributed by atoms with van der Waals surface area (Å²) in [5.74, 6) is 0.837. The number of hydrogen-bond donors (Lipinski definition) is 1. The van der Waals surface area contributed by atoms with E-state index in [1.54, 1.807) is 7.11 Å². The van der Waals surface area contributed by atoms with E-state index in [9.17, 15) is 0 Å². The number of fused-ring (bicyclic) bond motifs is 1. The van der Waals surface area contributed by atoms with Crippen molar-refractivity contribution in [2.24, 2.45) is 5.73 Å². The Bertz CT molecular complexity index is 663. The van der Waals surface area contributed by atoms with Gasteiger partial charge >= 0.3 is 0 Å². The summed E-state index contributed by atoms with van der Waals surface area (Å²) >= 11 is 6.37. The predicted octanol–water partition coefficient (Wildman–Crippen LogP) is 3.84. The molecule has 1 unspecified atom stereocenters. The zero-order chi connectivity index (χ0) is 15.0. The Labute approximate surface area is 130 Å². The van der Waals surface area contributed by atoms with Crippen molar-refractivity contribution in [1.82, 2.24) is 4.57 Å². The Balaban J connectivity index is 2.04. The number of rotatable bonds is 3. The summed E-state index contributed by atoms with van der Waals surface area (Å²) in [5.41, 5.74) is 11.2. The lowest BCUT2D eigenvalue weighted by Gasteiger charge is -2.22. The van der Waals surface area contributed by atoms with Crippen molar-refractivity contribution >= 4 is 11.6 Å². The van der Waals surface area contributed by atoms with E-state index in [2.05, 4.69) is 17.6 Å². The highest BCUT2D eigenvalue weighted by Crippen LogP contribution is 2.33. The number of nitrogens with zero attached hydrogens (tertiary/aromatic N) is 1. The van der Waals surface area contributed by atoms with Gasteiger partial charge in [-0.05, 0) is 49.9 Å². The van der Waals surface area contributed by atoms with Gasteiger partial charge in [-0.25, -0.2) is 0 Å². The van der Waals surface area contributed by atoms with Crippen molar-refractivity contribution in [3.05, 3.63) is 51.8 Å². The van der Waals surface area contributed by atoms with Crippen LogP contribution in [0.25, 0.3) is 0 Å². The fourth-order valence-corrected chi connectivity index (χ4v) is 3.49. The molecule has 2 aromatic rings. The minimum absolute atomic E-state index is 0.168. The number of ether oxygens (including phenoxy) is 1. The predicted molar refractivity (Wildman–Crippen MR) is 86.1 cm³/mol. The molecule has 1 heterocycles. The van der Waals surface area contributed by atoms with Crippen LogP contribution in [0, 0.1) is 6.92 Å². The Kier molecular flexibility index (Phi) is 3.96. The molecular weight excluding hydrogens is 284 g/mol. The van der Waals surface area contributed by atoms with Gasteiger partial charge in [0.05, 0.1) is 13.7 Å². The summed E-state index contributed by atoms with van der Waals surface area (Å²) in [5, 5.41) is 0.747. The van der Waals surface area contributed by atoms with Crippen LogP contribution in [-0.2, 0) is 13.0 Å². The highest BCUT2D eigenvalue weighted by molar-refractivity contribution is 6.31. The van der Waals surface area contributed by atoms with Crippen molar-refractivity contribution in [3.8, 4) is 5.75 Å². The zero-order valence-corrected chi connectivity index (χ0v) is 13.3. The van der Waals surface area contributed by atoms with Crippen LogP contribution < -0.4 is 10.5 Å². The molecule has 1 aliphatic carbocycles.